The van der Waals surface area contributed by atoms with Gasteiger partial charge in [0.15, 0.2) is 0 Å². The highest BCUT2D eigenvalue weighted by molar-refractivity contribution is 5.09. The molecule has 1 rings (SSSR count). The Bertz CT molecular complexity index is 256. The van der Waals surface area contributed by atoms with E-state index in [2.05, 4.69) is 24.0 Å². The summed E-state index contributed by atoms with van der Waals surface area (Å²) in [5.74, 6) is 0. The average Bonchev–Trinajstić information content (AvgIpc) is 2.51. The van der Waals surface area contributed by atoms with Crippen molar-refractivity contribution in [3.63, 3.8) is 0 Å². The second kappa shape index (κ2) is 4.39. The second-order valence-electron chi connectivity index (χ2n) is 3.41. The van der Waals surface area contributed by atoms with Gasteiger partial charge in [0.05, 0.1) is 6.20 Å². The van der Waals surface area contributed by atoms with Gasteiger partial charge in [0.2, 0.25) is 0 Å². The molecule has 0 saturated carbocycles. The Kier molecular flexibility index (Phi) is 3.45. The third-order valence-electron chi connectivity index (χ3n) is 2.20. The number of likely N-dealkylation sites (N-methyl/N-ethyl adjacent to an activating group) is 1. The van der Waals surface area contributed by atoms with E-state index in [9.17, 15) is 0 Å². The zero-order valence-corrected chi connectivity index (χ0v) is 8.57. The number of hydrogen-bond acceptors (Lipinski definition) is 3. The molecule has 0 spiro atoms. The molecule has 2 N–H and O–H groups in total. The summed E-state index contributed by atoms with van der Waals surface area (Å²) in [5.41, 5.74) is 7.09. The Morgan fingerprint density at radius 3 is 2.85 bits per heavy atom. The SMILES string of the molecule is CCN(C)CC(N)c1cnn(C)c1. The lowest BCUT2D eigenvalue weighted by Crippen LogP contribution is -2.28. The van der Waals surface area contributed by atoms with Crippen molar-refractivity contribution >= 4 is 0 Å². The van der Waals surface area contributed by atoms with E-state index in [0.29, 0.717) is 0 Å². The Morgan fingerprint density at radius 2 is 2.38 bits per heavy atom. The number of nitrogens with two attached hydrogens (primary N) is 1. The van der Waals surface area contributed by atoms with Crippen LogP contribution in [0.4, 0.5) is 0 Å². The van der Waals surface area contributed by atoms with E-state index in [-0.39, 0.29) is 6.04 Å². The Balaban J connectivity index is 2.53. The van der Waals surface area contributed by atoms with Crippen LogP contribution in [0.5, 0.6) is 0 Å². The average molecular weight is 182 g/mol. The summed E-state index contributed by atoms with van der Waals surface area (Å²) in [6.07, 6.45) is 3.79. The maximum atomic E-state index is 5.99. The molecule has 74 valence electrons. The first-order valence-corrected chi connectivity index (χ1v) is 4.56. The van der Waals surface area contributed by atoms with Gasteiger partial charge < -0.3 is 10.6 Å². The van der Waals surface area contributed by atoms with Gasteiger partial charge in [0.25, 0.3) is 0 Å². The van der Waals surface area contributed by atoms with Crippen molar-refractivity contribution in [1.29, 1.82) is 0 Å². The molecule has 13 heavy (non-hydrogen) atoms. The number of hydrogen-bond donors (Lipinski definition) is 1. The molecule has 1 aromatic heterocycles. The van der Waals surface area contributed by atoms with Crippen LogP contribution >= 0.6 is 0 Å². The van der Waals surface area contributed by atoms with E-state index in [0.717, 1.165) is 18.7 Å². The molecule has 4 nitrogen and oxygen atoms in total. The van der Waals surface area contributed by atoms with E-state index in [4.69, 9.17) is 5.73 Å². The van der Waals surface area contributed by atoms with Crippen LogP contribution in [0.15, 0.2) is 12.4 Å². The largest absolute Gasteiger partial charge is 0.323 e. The van der Waals surface area contributed by atoms with Crippen molar-refractivity contribution in [2.24, 2.45) is 12.8 Å². The standard InChI is InChI=1S/C9H18N4/c1-4-12(2)7-9(10)8-5-11-13(3)6-8/h5-6,9H,4,7,10H2,1-3H3. The third kappa shape index (κ3) is 2.82. The highest BCUT2D eigenvalue weighted by atomic mass is 15.2. The topological polar surface area (TPSA) is 47.1 Å². The van der Waals surface area contributed by atoms with Gasteiger partial charge in [-0.25, -0.2) is 0 Å². The minimum absolute atomic E-state index is 0.0682. The van der Waals surface area contributed by atoms with Crippen LogP contribution in [0.1, 0.15) is 18.5 Å². The molecule has 0 fully saturated rings. The second-order valence-corrected chi connectivity index (χ2v) is 3.41. The first-order chi connectivity index (χ1) is 6.13. The molecule has 0 saturated heterocycles. The molecule has 1 unspecified atom stereocenters. The van der Waals surface area contributed by atoms with Crippen molar-refractivity contribution in [2.75, 3.05) is 20.1 Å². The Morgan fingerprint density at radius 1 is 1.69 bits per heavy atom. The third-order valence-corrected chi connectivity index (χ3v) is 2.20. The van der Waals surface area contributed by atoms with Crippen LogP contribution in [-0.4, -0.2) is 34.8 Å². The molecule has 1 atom stereocenters. The van der Waals surface area contributed by atoms with Crippen LogP contribution in [0.25, 0.3) is 0 Å². The van der Waals surface area contributed by atoms with Gasteiger partial charge in [0.1, 0.15) is 0 Å². The maximum absolute atomic E-state index is 5.99. The molecule has 0 aromatic carbocycles. The molecular formula is C9H18N4. The molecule has 1 heterocycles. The zero-order valence-electron chi connectivity index (χ0n) is 8.57. The van der Waals surface area contributed by atoms with Crippen LogP contribution in [-0.2, 0) is 7.05 Å². The monoisotopic (exact) mass is 182 g/mol. The fraction of sp³-hybridized carbons (Fsp3) is 0.667. The van der Waals surface area contributed by atoms with E-state index >= 15 is 0 Å². The van der Waals surface area contributed by atoms with Crippen molar-refractivity contribution in [1.82, 2.24) is 14.7 Å². The summed E-state index contributed by atoms with van der Waals surface area (Å²) in [5, 5.41) is 4.09. The highest BCUT2D eigenvalue weighted by Crippen LogP contribution is 2.08. The van der Waals surface area contributed by atoms with Crippen LogP contribution in [0.2, 0.25) is 0 Å². The quantitative estimate of drug-likeness (QED) is 0.732. The van der Waals surface area contributed by atoms with E-state index in [1.54, 1.807) is 4.68 Å². The van der Waals surface area contributed by atoms with E-state index < -0.39 is 0 Å². The summed E-state index contributed by atoms with van der Waals surface area (Å²) < 4.78 is 1.78. The van der Waals surface area contributed by atoms with Gasteiger partial charge in [-0.1, -0.05) is 6.92 Å². The molecule has 0 radical (unpaired) electrons. The van der Waals surface area contributed by atoms with Gasteiger partial charge in [-0.2, -0.15) is 5.10 Å². The predicted octanol–water partition coefficient (Wildman–Crippen LogP) is 0.372. The molecule has 0 aliphatic carbocycles. The van der Waals surface area contributed by atoms with Crippen LogP contribution < -0.4 is 5.73 Å². The summed E-state index contributed by atoms with van der Waals surface area (Å²) >= 11 is 0. The Hall–Kier alpha value is -0.870. The fourth-order valence-electron chi connectivity index (χ4n) is 1.20. The van der Waals surface area contributed by atoms with Crippen LogP contribution in [0, 0.1) is 0 Å². The fourth-order valence-corrected chi connectivity index (χ4v) is 1.20. The molecule has 0 aliphatic heterocycles. The molecule has 0 amide bonds. The van der Waals surface area contributed by atoms with Crippen molar-refractivity contribution < 1.29 is 0 Å². The number of aromatic nitrogens is 2. The van der Waals surface area contributed by atoms with Gasteiger partial charge in [-0.05, 0) is 13.6 Å². The van der Waals surface area contributed by atoms with Gasteiger partial charge >= 0.3 is 0 Å². The van der Waals surface area contributed by atoms with Gasteiger partial charge in [-0.15, -0.1) is 0 Å². The first kappa shape index (κ1) is 10.2. The molecular weight excluding hydrogens is 164 g/mol. The molecule has 0 bridgehead atoms. The molecule has 1 aromatic rings. The zero-order chi connectivity index (χ0) is 9.84. The summed E-state index contributed by atoms with van der Waals surface area (Å²) in [4.78, 5) is 2.19. The molecule has 0 aliphatic rings. The molecule has 4 heteroatoms. The smallest absolute Gasteiger partial charge is 0.0537 e. The van der Waals surface area contributed by atoms with E-state index in [1.807, 2.05) is 19.4 Å². The summed E-state index contributed by atoms with van der Waals surface area (Å²) in [6.45, 7) is 4.02. The number of rotatable bonds is 4. The lowest BCUT2D eigenvalue weighted by molar-refractivity contribution is 0.329. The van der Waals surface area contributed by atoms with Gasteiger partial charge in [0, 0.05) is 31.4 Å². The Labute approximate surface area is 79.3 Å². The normalized spacial score (nSPS) is 13.6. The first-order valence-electron chi connectivity index (χ1n) is 4.56. The number of aryl methyl sites for hydroxylation is 1. The predicted molar refractivity (Wildman–Crippen MR) is 53.3 cm³/mol. The minimum Gasteiger partial charge on any atom is -0.323 e. The van der Waals surface area contributed by atoms with Gasteiger partial charge in [-0.3, -0.25) is 4.68 Å². The number of nitrogens with zero attached hydrogens (tertiary/aromatic N) is 3. The maximum Gasteiger partial charge on any atom is 0.0537 e. The lowest BCUT2D eigenvalue weighted by atomic mass is 10.1. The van der Waals surface area contributed by atoms with Crippen molar-refractivity contribution in [3.8, 4) is 0 Å². The van der Waals surface area contributed by atoms with Crippen molar-refractivity contribution in [2.45, 2.75) is 13.0 Å². The minimum atomic E-state index is 0.0682. The van der Waals surface area contributed by atoms with Crippen molar-refractivity contribution in [3.05, 3.63) is 18.0 Å². The summed E-state index contributed by atoms with van der Waals surface area (Å²) in [6, 6.07) is 0.0682. The van der Waals surface area contributed by atoms with Crippen LogP contribution in [0.3, 0.4) is 0 Å². The lowest BCUT2D eigenvalue weighted by Gasteiger charge is -2.18. The van der Waals surface area contributed by atoms with E-state index in [1.165, 1.54) is 0 Å². The highest BCUT2D eigenvalue weighted by Gasteiger charge is 2.09. The summed E-state index contributed by atoms with van der Waals surface area (Å²) in [7, 11) is 3.97.